The maximum Gasteiger partial charge on any atom is 0.225 e. The van der Waals surface area contributed by atoms with Crippen molar-refractivity contribution in [2.45, 2.75) is 64.5 Å². The highest BCUT2D eigenvalue weighted by Crippen LogP contribution is 2.23. The van der Waals surface area contributed by atoms with E-state index in [2.05, 4.69) is 34.2 Å². The zero-order valence-electron chi connectivity index (χ0n) is 12.9. The van der Waals surface area contributed by atoms with Crippen LogP contribution in [0.4, 0.5) is 5.95 Å². The summed E-state index contributed by atoms with van der Waals surface area (Å²) in [6, 6.07) is 0.613. The number of nitrogens with zero attached hydrogens (tertiary/aromatic N) is 3. The lowest BCUT2D eigenvalue weighted by molar-refractivity contribution is 0.544. The summed E-state index contributed by atoms with van der Waals surface area (Å²) >= 11 is 0. The van der Waals surface area contributed by atoms with Crippen LogP contribution in [0.3, 0.4) is 0 Å². The zero-order valence-corrected chi connectivity index (χ0v) is 12.9. The summed E-state index contributed by atoms with van der Waals surface area (Å²) in [7, 11) is 2.14. The summed E-state index contributed by atoms with van der Waals surface area (Å²) in [6.07, 6.45) is 13.1. The molecule has 0 atom stereocenters. The molecular formula is C16H28N4. The second kappa shape index (κ2) is 8.20. The van der Waals surface area contributed by atoms with Crippen LogP contribution in [-0.2, 0) is 6.54 Å². The van der Waals surface area contributed by atoms with E-state index in [1.165, 1.54) is 38.5 Å². The van der Waals surface area contributed by atoms with Gasteiger partial charge in [-0.3, -0.25) is 0 Å². The van der Waals surface area contributed by atoms with Gasteiger partial charge in [-0.2, -0.15) is 0 Å². The molecular weight excluding hydrogens is 248 g/mol. The molecule has 0 unspecified atom stereocenters. The van der Waals surface area contributed by atoms with Gasteiger partial charge in [-0.25, -0.2) is 9.97 Å². The number of hydrogen-bond acceptors (Lipinski definition) is 4. The lowest BCUT2D eigenvalue weighted by Gasteiger charge is -2.27. The fourth-order valence-corrected chi connectivity index (χ4v) is 2.84. The minimum absolute atomic E-state index is 0.613. The highest BCUT2D eigenvalue weighted by atomic mass is 15.2. The first kappa shape index (κ1) is 15.2. The molecule has 0 saturated heterocycles. The summed E-state index contributed by atoms with van der Waals surface area (Å²) < 4.78 is 0. The van der Waals surface area contributed by atoms with Crippen molar-refractivity contribution in [3.8, 4) is 0 Å². The molecule has 1 aromatic heterocycles. The second-order valence-corrected chi connectivity index (χ2v) is 5.82. The Morgan fingerprint density at radius 1 is 1.15 bits per heavy atom. The fraction of sp³-hybridized carbons (Fsp3) is 0.750. The molecule has 4 nitrogen and oxygen atoms in total. The molecule has 1 aliphatic carbocycles. The monoisotopic (exact) mass is 276 g/mol. The van der Waals surface area contributed by atoms with Crippen molar-refractivity contribution >= 4 is 5.95 Å². The summed E-state index contributed by atoms with van der Waals surface area (Å²) in [5, 5.41) is 3.38. The molecule has 1 N–H and O–H groups in total. The first-order valence-electron chi connectivity index (χ1n) is 8.05. The van der Waals surface area contributed by atoms with Crippen molar-refractivity contribution in [3.63, 3.8) is 0 Å². The molecule has 20 heavy (non-hydrogen) atoms. The molecule has 2 rings (SSSR count). The molecule has 1 aliphatic rings. The Balaban J connectivity index is 1.90. The maximum atomic E-state index is 4.54. The van der Waals surface area contributed by atoms with Gasteiger partial charge < -0.3 is 10.2 Å². The van der Waals surface area contributed by atoms with Gasteiger partial charge in [-0.1, -0.05) is 32.6 Å². The van der Waals surface area contributed by atoms with Gasteiger partial charge in [0.25, 0.3) is 0 Å². The van der Waals surface area contributed by atoms with Gasteiger partial charge in [0.05, 0.1) is 0 Å². The predicted molar refractivity (Wildman–Crippen MR) is 83.9 cm³/mol. The van der Waals surface area contributed by atoms with Gasteiger partial charge in [0.2, 0.25) is 5.95 Å². The fourth-order valence-electron chi connectivity index (χ4n) is 2.84. The van der Waals surface area contributed by atoms with Crippen molar-refractivity contribution in [1.29, 1.82) is 0 Å². The maximum absolute atomic E-state index is 4.54. The Morgan fingerprint density at radius 3 is 2.40 bits per heavy atom. The highest BCUT2D eigenvalue weighted by Gasteiger charge is 2.18. The molecule has 0 spiro atoms. The first-order valence-corrected chi connectivity index (χ1v) is 8.05. The smallest absolute Gasteiger partial charge is 0.225 e. The quantitative estimate of drug-likeness (QED) is 0.640. The van der Waals surface area contributed by atoms with E-state index < -0.39 is 0 Å². The number of aromatic nitrogens is 2. The molecule has 1 fully saturated rings. The summed E-state index contributed by atoms with van der Waals surface area (Å²) in [5.41, 5.74) is 1.16. The molecule has 0 amide bonds. The van der Waals surface area contributed by atoms with Crippen LogP contribution in [0.5, 0.6) is 0 Å². The third-order valence-corrected chi connectivity index (χ3v) is 4.14. The Labute approximate surface area is 123 Å². The number of rotatable bonds is 6. The SMILES string of the molecule is CCCNCc1cnc(N(C)C2CCCCCC2)nc1. The van der Waals surface area contributed by atoms with E-state index in [1.807, 2.05) is 12.4 Å². The Hall–Kier alpha value is -1.16. The number of nitrogens with one attached hydrogen (secondary N) is 1. The van der Waals surface area contributed by atoms with Crippen molar-refractivity contribution in [3.05, 3.63) is 18.0 Å². The van der Waals surface area contributed by atoms with Gasteiger partial charge in [-0.15, -0.1) is 0 Å². The largest absolute Gasteiger partial charge is 0.341 e. The van der Waals surface area contributed by atoms with Crippen LogP contribution in [-0.4, -0.2) is 29.6 Å². The van der Waals surface area contributed by atoms with Crippen LogP contribution in [0, 0.1) is 0 Å². The Bertz CT molecular complexity index is 369. The minimum Gasteiger partial charge on any atom is -0.341 e. The first-order chi connectivity index (χ1) is 9.81. The zero-order chi connectivity index (χ0) is 14.2. The summed E-state index contributed by atoms with van der Waals surface area (Å²) in [4.78, 5) is 11.3. The van der Waals surface area contributed by atoms with E-state index in [0.29, 0.717) is 6.04 Å². The number of anilines is 1. The second-order valence-electron chi connectivity index (χ2n) is 5.82. The molecule has 0 bridgehead atoms. The Morgan fingerprint density at radius 2 is 1.80 bits per heavy atom. The average molecular weight is 276 g/mol. The van der Waals surface area contributed by atoms with E-state index in [-0.39, 0.29) is 0 Å². The van der Waals surface area contributed by atoms with Crippen molar-refractivity contribution in [2.75, 3.05) is 18.5 Å². The topological polar surface area (TPSA) is 41.1 Å². The Kier molecular flexibility index (Phi) is 6.25. The molecule has 0 aromatic carbocycles. The molecule has 0 aliphatic heterocycles. The molecule has 4 heteroatoms. The van der Waals surface area contributed by atoms with Crippen LogP contribution in [0.1, 0.15) is 57.4 Å². The molecule has 112 valence electrons. The summed E-state index contributed by atoms with van der Waals surface area (Å²) in [6.45, 7) is 4.08. The van der Waals surface area contributed by atoms with E-state index in [1.54, 1.807) is 0 Å². The minimum atomic E-state index is 0.613. The lowest BCUT2D eigenvalue weighted by Crippen LogP contribution is -2.32. The van der Waals surface area contributed by atoms with Crippen molar-refractivity contribution in [1.82, 2.24) is 15.3 Å². The molecule has 1 aromatic rings. The van der Waals surface area contributed by atoms with Crippen molar-refractivity contribution in [2.24, 2.45) is 0 Å². The van der Waals surface area contributed by atoms with Gasteiger partial charge in [-0.05, 0) is 25.8 Å². The van der Waals surface area contributed by atoms with E-state index >= 15 is 0 Å². The number of hydrogen-bond donors (Lipinski definition) is 1. The van der Waals surface area contributed by atoms with Crippen LogP contribution in [0.2, 0.25) is 0 Å². The lowest BCUT2D eigenvalue weighted by atomic mass is 10.1. The summed E-state index contributed by atoms with van der Waals surface area (Å²) in [5.74, 6) is 0.871. The van der Waals surface area contributed by atoms with Gasteiger partial charge in [0, 0.05) is 37.6 Å². The van der Waals surface area contributed by atoms with E-state index in [0.717, 1.165) is 31.0 Å². The van der Waals surface area contributed by atoms with Gasteiger partial charge in [0.1, 0.15) is 0 Å². The average Bonchev–Trinajstić information content (AvgIpc) is 2.77. The van der Waals surface area contributed by atoms with E-state index in [4.69, 9.17) is 0 Å². The standard InChI is InChI=1S/C16H28N4/c1-3-10-17-11-14-12-18-16(19-13-14)20(2)15-8-6-4-5-7-9-15/h12-13,15,17H,3-11H2,1-2H3. The normalized spacial score (nSPS) is 16.9. The third-order valence-electron chi connectivity index (χ3n) is 4.14. The van der Waals surface area contributed by atoms with E-state index in [9.17, 15) is 0 Å². The van der Waals surface area contributed by atoms with Crippen LogP contribution >= 0.6 is 0 Å². The highest BCUT2D eigenvalue weighted by molar-refractivity contribution is 5.30. The van der Waals surface area contributed by atoms with Gasteiger partial charge >= 0.3 is 0 Å². The third kappa shape index (κ3) is 4.44. The van der Waals surface area contributed by atoms with Crippen LogP contribution in [0.15, 0.2) is 12.4 Å². The van der Waals surface area contributed by atoms with Gasteiger partial charge in [0.15, 0.2) is 0 Å². The van der Waals surface area contributed by atoms with Crippen LogP contribution < -0.4 is 10.2 Å². The predicted octanol–water partition coefficient (Wildman–Crippen LogP) is 3.14. The molecule has 0 radical (unpaired) electrons. The molecule has 1 saturated carbocycles. The van der Waals surface area contributed by atoms with Crippen LogP contribution in [0.25, 0.3) is 0 Å². The molecule has 1 heterocycles. The van der Waals surface area contributed by atoms with Crippen molar-refractivity contribution < 1.29 is 0 Å².